The van der Waals surface area contributed by atoms with E-state index in [4.69, 9.17) is 21.1 Å². The van der Waals surface area contributed by atoms with Gasteiger partial charge in [-0.3, -0.25) is 0 Å². The monoisotopic (exact) mass is 232 g/mol. The van der Waals surface area contributed by atoms with Crippen molar-refractivity contribution in [3.63, 3.8) is 0 Å². The molecule has 0 aliphatic carbocycles. The van der Waals surface area contributed by atoms with Crippen LogP contribution >= 0.6 is 11.6 Å². The molecule has 0 amide bonds. The zero-order valence-corrected chi connectivity index (χ0v) is 10.6. The quantitative estimate of drug-likeness (QED) is 0.276. The first kappa shape index (κ1) is 14.7. The number of rotatable bonds is 8. The molecule has 0 fully saturated rings. The first-order valence-corrected chi connectivity index (χ1v) is 5.68. The molecule has 0 bridgehead atoms. The fourth-order valence-electron chi connectivity index (χ4n) is 1.12. The van der Waals surface area contributed by atoms with Crippen LogP contribution in [-0.4, -0.2) is 26.4 Å². The highest BCUT2D eigenvalue weighted by Gasteiger charge is 1.91. The lowest BCUT2D eigenvalue weighted by atomic mass is 10.1. The normalized spacial score (nSPS) is 13.3. The first-order valence-electron chi connectivity index (χ1n) is 5.14. The summed E-state index contributed by atoms with van der Waals surface area (Å²) in [4.78, 5) is 0. The summed E-state index contributed by atoms with van der Waals surface area (Å²) in [6.07, 6.45) is 6.35. The van der Waals surface area contributed by atoms with Crippen molar-refractivity contribution in [1.82, 2.24) is 0 Å². The topological polar surface area (TPSA) is 18.5 Å². The van der Waals surface area contributed by atoms with Gasteiger partial charge in [0, 0.05) is 13.0 Å². The Hall–Kier alpha value is -0.310. The highest BCUT2D eigenvalue weighted by molar-refractivity contribution is 6.18. The van der Waals surface area contributed by atoms with Crippen LogP contribution in [0.1, 0.15) is 26.7 Å². The van der Waals surface area contributed by atoms with E-state index in [-0.39, 0.29) is 0 Å². The van der Waals surface area contributed by atoms with Crippen LogP contribution in [0.25, 0.3) is 0 Å². The van der Waals surface area contributed by atoms with E-state index in [1.54, 1.807) is 7.11 Å². The van der Waals surface area contributed by atoms with E-state index in [0.29, 0.717) is 19.3 Å². The first-order chi connectivity index (χ1) is 7.20. The van der Waals surface area contributed by atoms with Gasteiger partial charge in [-0.1, -0.05) is 23.3 Å². The fraction of sp³-hybridized carbons (Fsp3) is 0.667. The van der Waals surface area contributed by atoms with Crippen LogP contribution < -0.4 is 0 Å². The van der Waals surface area contributed by atoms with E-state index >= 15 is 0 Å². The van der Waals surface area contributed by atoms with Crippen LogP contribution in [-0.2, 0) is 9.47 Å². The third-order valence-electron chi connectivity index (χ3n) is 1.99. The molecular weight excluding hydrogens is 212 g/mol. The number of hydrogen-bond donors (Lipinski definition) is 0. The predicted octanol–water partition coefficient (Wildman–Crippen LogP) is 3.52. The number of halogens is 1. The van der Waals surface area contributed by atoms with Crippen molar-refractivity contribution in [2.75, 3.05) is 26.4 Å². The Morgan fingerprint density at radius 2 is 1.93 bits per heavy atom. The van der Waals surface area contributed by atoms with Crippen molar-refractivity contribution in [2.24, 2.45) is 0 Å². The molecule has 0 aromatic rings. The van der Waals surface area contributed by atoms with Gasteiger partial charge in [-0.2, -0.15) is 0 Å². The highest BCUT2D eigenvalue weighted by atomic mass is 35.5. The smallest absolute Gasteiger partial charge is 0.146 e. The van der Waals surface area contributed by atoms with Crippen molar-refractivity contribution in [3.8, 4) is 0 Å². The standard InChI is InChI=1S/C12H21ClO2/c1-11(7-8-13)5-4-6-12(2)9-15-10-14-3/h6-7H,4-5,8-10H2,1-3H3/b11-7+,12-6+. The summed E-state index contributed by atoms with van der Waals surface area (Å²) < 4.78 is 10.0. The minimum atomic E-state index is 0.357. The van der Waals surface area contributed by atoms with Gasteiger partial charge in [0.1, 0.15) is 6.79 Å². The number of hydrogen-bond acceptors (Lipinski definition) is 2. The molecule has 0 N–H and O–H groups in total. The summed E-state index contributed by atoms with van der Waals surface area (Å²) in [5.41, 5.74) is 2.58. The van der Waals surface area contributed by atoms with Gasteiger partial charge in [-0.15, -0.1) is 11.6 Å². The number of ether oxygens (including phenoxy) is 2. The average Bonchev–Trinajstić information content (AvgIpc) is 2.18. The molecule has 0 unspecified atom stereocenters. The average molecular weight is 233 g/mol. The van der Waals surface area contributed by atoms with Gasteiger partial charge in [-0.05, 0) is 26.7 Å². The van der Waals surface area contributed by atoms with Crippen LogP contribution in [0.3, 0.4) is 0 Å². The summed E-state index contributed by atoms with van der Waals surface area (Å²) in [7, 11) is 1.62. The minimum Gasteiger partial charge on any atom is -0.359 e. The molecule has 15 heavy (non-hydrogen) atoms. The number of methoxy groups -OCH3 is 1. The van der Waals surface area contributed by atoms with E-state index in [1.165, 1.54) is 11.1 Å². The molecule has 0 spiro atoms. The fourth-order valence-corrected chi connectivity index (χ4v) is 1.39. The maximum absolute atomic E-state index is 5.60. The van der Waals surface area contributed by atoms with Crippen LogP contribution in [0.2, 0.25) is 0 Å². The third-order valence-corrected chi connectivity index (χ3v) is 2.14. The number of allylic oxidation sites excluding steroid dienone is 3. The molecule has 0 radical (unpaired) electrons. The zero-order valence-electron chi connectivity index (χ0n) is 9.88. The van der Waals surface area contributed by atoms with E-state index in [0.717, 1.165) is 12.8 Å². The molecule has 88 valence electrons. The molecule has 0 aliphatic rings. The van der Waals surface area contributed by atoms with Crippen molar-refractivity contribution in [2.45, 2.75) is 26.7 Å². The summed E-state index contributed by atoms with van der Waals surface area (Å²) in [6.45, 7) is 5.17. The van der Waals surface area contributed by atoms with Gasteiger partial charge in [0.25, 0.3) is 0 Å². The van der Waals surface area contributed by atoms with Gasteiger partial charge in [0.2, 0.25) is 0 Å². The molecular formula is C12H21ClO2. The van der Waals surface area contributed by atoms with Crippen LogP contribution in [0, 0.1) is 0 Å². The molecule has 2 nitrogen and oxygen atoms in total. The van der Waals surface area contributed by atoms with Crippen LogP contribution in [0.15, 0.2) is 23.3 Å². The van der Waals surface area contributed by atoms with Gasteiger partial charge in [0.05, 0.1) is 6.61 Å². The Morgan fingerprint density at radius 1 is 1.20 bits per heavy atom. The summed E-state index contributed by atoms with van der Waals surface area (Å²) >= 11 is 5.60. The summed E-state index contributed by atoms with van der Waals surface area (Å²) in [5.74, 6) is 0.603. The Labute approximate surface area is 97.9 Å². The number of alkyl halides is 1. The van der Waals surface area contributed by atoms with Gasteiger partial charge in [-0.25, -0.2) is 0 Å². The molecule has 0 rings (SSSR count). The van der Waals surface area contributed by atoms with E-state index in [9.17, 15) is 0 Å². The largest absolute Gasteiger partial charge is 0.359 e. The second-order valence-electron chi connectivity index (χ2n) is 3.55. The Kier molecular flexibility index (Phi) is 10.0. The van der Waals surface area contributed by atoms with Gasteiger partial charge in [0.15, 0.2) is 0 Å². The molecule has 0 aromatic heterocycles. The molecule has 0 aromatic carbocycles. The molecule has 0 saturated heterocycles. The Morgan fingerprint density at radius 3 is 2.53 bits per heavy atom. The molecule has 0 aliphatic heterocycles. The van der Waals surface area contributed by atoms with Gasteiger partial charge >= 0.3 is 0 Å². The lowest BCUT2D eigenvalue weighted by Gasteiger charge is -2.03. The Balaban J connectivity index is 3.62. The molecule has 0 atom stereocenters. The SMILES string of the molecule is COCOC/C(C)=C/CC/C(C)=C/CCl. The van der Waals surface area contributed by atoms with Crippen molar-refractivity contribution in [3.05, 3.63) is 23.3 Å². The second-order valence-corrected chi connectivity index (χ2v) is 3.86. The van der Waals surface area contributed by atoms with Crippen molar-refractivity contribution >= 4 is 11.6 Å². The molecule has 0 saturated carbocycles. The lowest BCUT2D eigenvalue weighted by molar-refractivity contribution is -0.0211. The summed E-state index contributed by atoms with van der Waals surface area (Å²) in [6, 6.07) is 0. The minimum absolute atomic E-state index is 0.357. The van der Waals surface area contributed by atoms with Crippen LogP contribution in [0.5, 0.6) is 0 Å². The van der Waals surface area contributed by atoms with E-state index in [2.05, 4.69) is 19.9 Å². The van der Waals surface area contributed by atoms with E-state index in [1.807, 2.05) is 6.08 Å². The van der Waals surface area contributed by atoms with Crippen molar-refractivity contribution < 1.29 is 9.47 Å². The third kappa shape index (κ3) is 9.98. The molecule has 3 heteroatoms. The highest BCUT2D eigenvalue weighted by Crippen LogP contribution is 2.07. The van der Waals surface area contributed by atoms with E-state index < -0.39 is 0 Å². The van der Waals surface area contributed by atoms with Crippen molar-refractivity contribution in [1.29, 1.82) is 0 Å². The zero-order chi connectivity index (χ0) is 11.5. The Bertz CT molecular complexity index is 210. The van der Waals surface area contributed by atoms with Crippen LogP contribution in [0.4, 0.5) is 0 Å². The molecule has 0 heterocycles. The summed E-state index contributed by atoms with van der Waals surface area (Å²) in [5, 5.41) is 0. The maximum Gasteiger partial charge on any atom is 0.146 e. The lowest BCUT2D eigenvalue weighted by Crippen LogP contribution is -1.99. The van der Waals surface area contributed by atoms with Gasteiger partial charge < -0.3 is 9.47 Å². The predicted molar refractivity (Wildman–Crippen MR) is 65.3 cm³/mol. The second kappa shape index (κ2) is 10.2. The maximum atomic E-state index is 5.60.